The van der Waals surface area contributed by atoms with Crippen molar-refractivity contribution in [3.8, 4) is 0 Å². The van der Waals surface area contributed by atoms with Gasteiger partial charge in [0.1, 0.15) is 17.9 Å². The van der Waals surface area contributed by atoms with Gasteiger partial charge in [0.15, 0.2) is 0 Å². The van der Waals surface area contributed by atoms with Crippen LogP contribution >= 0.6 is 0 Å². The van der Waals surface area contributed by atoms with Crippen LogP contribution in [0.25, 0.3) is 0 Å². The predicted molar refractivity (Wildman–Crippen MR) is 167 cm³/mol. The summed E-state index contributed by atoms with van der Waals surface area (Å²) in [5, 5.41) is 0. The van der Waals surface area contributed by atoms with Crippen molar-refractivity contribution >= 4 is 18.1 Å². The van der Waals surface area contributed by atoms with Gasteiger partial charge in [0.2, 0.25) is 11.9 Å². The van der Waals surface area contributed by atoms with Crippen molar-refractivity contribution in [1.82, 2.24) is 19.9 Å². The summed E-state index contributed by atoms with van der Waals surface area (Å²) in [6.45, 7) is 19.8. The molecule has 0 aliphatic carbocycles. The summed E-state index contributed by atoms with van der Waals surface area (Å²) in [6.07, 6.45) is 7.28. The average molecular weight is 596 g/mol. The highest BCUT2D eigenvalue weighted by molar-refractivity contribution is 5.72. The van der Waals surface area contributed by atoms with Gasteiger partial charge in [-0.1, -0.05) is 58.1 Å². The van der Waals surface area contributed by atoms with Crippen LogP contribution in [0.1, 0.15) is 74.1 Å². The van der Waals surface area contributed by atoms with E-state index in [2.05, 4.69) is 23.7 Å². The van der Waals surface area contributed by atoms with Crippen molar-refractivity contribution in [2.24, 2.45) is 10.9 Å². The van der Waals surface area contributed by atoms with Gasteiger partial charge in [-0.15, -0.1) is 0 Å². The van der Waals surface area contributed by atoms with E-state index in [0.717, 1.165) is 0 Å². The fraction of sp³-hybridized carbons (Fsp3) is 0.613. The van der Waals surface area contributed by atoms with Crippen LogP contribution in [0.15, 0.2) is 53.4 Å². The average Bonchev–Trinajstić information content (AvgIpc) is 2.98. The van der Waals surface area contributed by atoms with E-state index in [-0.39, 0.29) is 17.8 Å². The molecule has 2 aliphatic rings. The normalized spacial score (nSPS) is 20.4. The molecule has 42 heavy (non-hydrogen) atoms. The number of hydrogen-bond donors (Lipinski definition) is 0. The van der Waals surface area contributed by atoms with E-state index in [1.54, 1.807) is 11.0 Å². The first kappa shape index (κ1) is 36.9. The largest absolute Gasteiger partial charge is 0.398 e. The number of aromatic nitrogens is 3. The highest BCUT2D eigenvalue weighted by atomic mass is 19.4. The molecule has 0 saturated carbocycles. The molecule has 0 radical (unpaired) electrons. The highest BCUT2D eigenvalue weighted by Crippen LogP contribution is 2.34. The highest BCUT2D eigenvalue weighted by Gasteiger charge is 2.46. The van der Waals surface area contributed by atoms with Gasteiger partial charge in [0.25, 0.3) is 0 Å². The Balaban J connectivity index is 0.00000211. The number of rotatable bonds is 9. The van der Waals surface area contributed by atoms with Gasteiger partial charge in [-0.05, 0) is 46.8 Å². The van der Waals surface area contributed by atoms with Crippen molar-refractivity contribution in [3.63, 3.8) is 0 Å². The number of dihydropyridines is 1. The molecule has 0 aromatic carbocycles. The second-order valence-electron chi connectivity index (χ2n) is 9.55. The number of hydrogen-bond acceptors (Lipinski definition) is 7. The van der Waals surface area contributed by atoms with Crippen molar-refractivity contribution in [2.75, 3.05) is 42.5 Å². The van der Waals surface area contributed by atoms with Gasteiger partial charge < -0.3 is 9.80 Å². The molecule has 1 aromatic heterocycles. The van der Waals surface area contributed by atoms with Gasteiger partial charge >= 0.3 is 6.18 Å². The molecule has 3 atom stereocenters. The Morgan fingerprint density at radius 3 is 2.21 bits per heavy atom. The fourth-order valence-corrected chi connectivity index (χ4v) is 4.56. The lowest BCUT2D eigenvalue weighted by Gasteiger charge is -2.41. The quantitative estimate of drug-likeness (QED) is 0.167. The minimum atomic E-state index is -4.36. The lowest BCUT2D eigenvalue weighted by Crippen LogP contribution is -2.54. The molecule has 0 N–H and O–H groups in total. The summed E-state index contributed by atoms with van der Waals surface area (Å²) in [6, 6.07) is 0.143. The van der Waals surface area contributed by atoms with Gasteiger partial charge in [-0.25, -0.2) is 4.39 Å². The van der Waals surface area contributed by atoms with Crippen molar-refractivity contribution in [1.29, 1.82) is 0 Å². The number of nitrogens with zero attached hydrogens (tertiary/aromatic N) is 7. The lowest BCUT2D eigenvalue weighted by molar-refractivity contribution is -0.177. The number of anilines is 2. The van der Waals surface area contributed by atoms with E-state index in [1.807, 2.05) is 64.7 Å². The van der Waals surface area contributed by atoms with Crippen LogP contribution < -0.4 is 9.80 Å². The van der Waals surface area contributed by atoms with Crippen LogP contribution in [0.4, 0.5) is 29.5 Å². The Hall–Kier alpha value is -3.08. The number of alkyl halides is 3. The molecule has 11 heteroatoms. The maximum absolute atomic E-state index is 13.6. The van der Waals surface area contributed by atoms with Crippen molar-refractivity contribution < 1.29 is 17.6 Å². The third-order valence-corrected chi connectivity index (χ3v) is 6.51. The van der Waals surface area contributed by atoms with Gasteiger partial charge in [0, 0.05) is 45.0 Å². The van der Waals surface area contributed by atoms with Crippen LogP contribution in [-0.4, -0.2) is 77.2 Å². The summed E-state index contributed by atoms with van der Waals surface area (Å²) in [7, 11) is 0. The molecule has 7 nitrogen and oxygen atoms in total. The molecule has 0 amide bonds. The third kappa shape index (κ3) is 10.6. The smallest absolute Gasteiger partial charge is 0.339 e. The number of piperazine rings is 1. The molecule has 3 unspecified atom stereocenters. The monoisotopic (exact) mass is 595 g/mol. The molecule has 236 valence electrons. The predicted octanol–water partition coefficient (Wildman–Crippen LogP) is 7.52. The van der Waals surface area contributed by atoms with Crippen LogP contribution in [-0.2, 0) is 0 Å². The summed E-state index contributed by atoms with van der Waals surface area (Å²) in [5.41, 5.74) is 0. The van der Waals surface area contributed by atoms with Crippen LogP contribution in [0.3, 0.4) is 0 Å². The Kier molecular flexibility index (Phi) is 16.2. The number of aliphatic imine (C=N–C) groups is 1. The summed E-state index contributed by atoms with van der Waals surface area (Å²) in [4.78, 5) is 24.2. The molecular formula is C31H49F4N7. The van der Waals surface area contributed by atoms with Crippen molar-refractivity contribution in [3.05, 3.63) is 54.2 Å². The van der Waals surface area contributed by atoms with Crippen LogP contribution in [0, 0.1) is 5.92 Å². The van der Waals surface area contributed by atoms with Crippen LogP contribution in [0.5, 0.6) is 0 Å². The van der Waals surface area contributed by atoms with Gasteiger partial charge in [0.05, 0.1) is 11.7 Å². The van der Waals surface area contributed by atoms with E-state index in [4.69, 9.17) is 15.0 Å². The molecule has 1 saturated heterocycles. The van der Waals surface area contributed by atoms with E-state index in [1.165, 1.54) is 31.4 Å². The molecule has 0 bridgehead atoms. The zero-order valence-corrected chi connectivity index (χ0v) is 26.6. The Bertz CT molecular complexity index is 1070. The van der Waals surface area contributed by atoms with Crippen LogP contribution in [0.2, 0.25) is 0 Å². The lowest BCUT2D eigenvalue weighted by atomic mass is 10.0. The molecular weight excluding hydrogens is 546 g/mol. The minimum Gasteiger partial charge on any atom is -0.339 e. The van der Waals surface area contributed by atoms with E-state index >= 15 is 0 Å². The second-order valence-corrected chi connectivity index (χ2v) is 9.55. The molecule has 1 fully saturated rings. The number of halogens is 4. The first-order chi connectivity index (χ1) is 20.0. The van der Waals surface area contributed by atoms with E-state index < -0.39 is 18.3 Å². The zero-order valence-electron chi connectivity index (χ0n) is 26.6. The Labute approximate surface area is 249 Å². The molecule has 3 heterocycles. The standard InChI is InChI=1S/C27H37F4N7.2C2H6/c1-6-10-21(12-8-11-20(5)28)23-33-25(35-26(34-23)38(7-2)19(3)4)37-17-15-36(16-18-37)24-22(27(29,30)31)13-9-14-32-24;2*1-2/h6,8-14,19,21-22,24H,7,15-18H2,1-5H3;2*1-2H3/b10-6+,12-8?,20-11+;;. The maximum Gasteiger partial charge on any atom is 0.398 e. The van der Waals surface area contributed by atoms with Crippen molar-refractivity contribution in [2.45, 2.75) is 86.6 Å². The van der Waals surface area contributed by atoms with Gasteiger partial charge in [-0.3, -0.25) is 9.89 Å². The SMILES string of the molecule is C/C=C/C(C=C/C=C(\C)F)c1nc(N2CCN(C3N=CC=CC3C(F)(F)F)CC2)nc(N(CC)C(C)C)n1.CC.CC. The number of allylic oxidation sites excluding steroid dienone is 7. The molecule has 3 rings (SSSR count). The van der Waals surface area contributed by atoms with E-state index in [9.17, 15) is 17.6 Å². The minimum absolute atomic E-state index is 0.143. The summed E-state index contributed by atoms with van der Waals surface area (Å²) < 4.78 is 54.0. The van der Waals surface area contributed by atoms with E-state index in [0.29, 0.717) is 50.4 Å². The molecule has 2 aliphatic heterocycles. The third-order valence-electron chi connectivity index (χ3n) is 6.51. The topological polar surface area (TPSA) is 60.8 Å². The molecule has 0 spiro atoms. The Morgan fingerprint density at radius 2 is 1.69 bits per heavy atom. The first-order valence-electron chi connectivity index (χ1n) is 15.0. The maximum atomic E-state index is 13.6. The fourth-order valence-electron chi connectivity index (χ4n) is 4.56. The summed E-state index contributed by atoms with van der Waals surface area (Å²) >= 11 is 0. The van der Waals surface area contributed by atoms with Gasteiger partial charge in [-0.2, -0.15) is 28.1 Å². The molecule has 1 aromatic rings. The summed E-state index contributed by atoms with van der Waals surface area (Å²) in [5.74, 6) is -0.719. The first-order valence-corrected chi connectivity index (χ1v) is 15.0. The Morgan fingerprint density at radius 1 is 1.05 bits per heavy atom. The zero-order chi connectivity index (χ0) is 31.9. The second kappa shape index (κ2) is 18.5.